The van der Waals surface area contributed by atoms with E-state index in [1.807, 2.05) is 30.3 Å². The highest BCUT2D eigenvalue weighted by atomic mass is 16.6. The molecule has 0 bridgehead atoms. The number of ketones is 1. The molecular formula is C20H16O5. The molecule has 2 aromatic carbocycles. The summed E-state index contributed by atoms with van der Waals surface area (Å²) < 4.78 is 21.9. The summed E-state index contributed by atoms with van der Waals surface area (Å²) in [6.45, 7) is 1.08. The van der Waals surface area contributed by atoms with Gasteiger partial charge in [-0.1, -0.05) is 24.3 Å². The largest absolute Gasteiger partial charge is 0.493 e. The van der Waals surface area contributed by atoms with Crippen LogP contribution in [0.2, 0.25) is 0 Å². The molecule has 1 aromatic heterocycles. The average Bonchev–Trinajstić information content (AvgIpc) is 3.10. The molecule has 0 unspecified atom stereocenters. The van der Waals surface area contributed by atoms with Crippen LogP contribution in [0.5, 0.6) is 17.2 Å². The minimum absolute atomic E-state index is 0.215. The fraction of sp³-hybridized carbons (Fsp3) is 0.150. The van der Waals surface area contributed by atoms with Gasteiger partial charge in [0.05, 0.1) is 7.11 Å². The number of carbonyl (C=O) groups excluding carboxylic acids is 1. The Hall–Kier alpha value is -3.21. The van der Waals surface area contributed by atoms with Crippen molar-refractivity contribution in [1.29, 1.82) is 0 Å². The van der Waals surface area contributed by atoms with Crippen LogP contribution in [-0.4, -0.2) is 26.1 Å². The second kappa shape index (κ2) is 6.36. The van der Waals surface area contributed by atoms with E-state index in [1.54, 1.807) is 25.3 Å². The molecule has 126 valence electrons. The molecule has 25 heavy (non-hydrogen) atoms. The summed E-state index contributed by atoms with van der Waals surface area (Å²) in [5, 5.41) is 0.829. The summed E-state index contributed by atoms with van der Waals surface area (Å²) in [4.78, 5) is 12.4. The molecule has 2 heterocycles. The lowest BCUT2D eigenvalue weighted by molar-refractivity contribution is 0.102. The first-order chi connectivity index (χ1) is 12.2. The predicted octanol–water partition coefficient (Wildman–Crippen LogP) is 4.11. The Bertz CT molecular complexity index is 967. The zero-order valence-electron chi connectivity index (χ0n) is 13.7. The number of allylic oxidation sites excluding steroid dienone is 1. The predicted molar refractivity (Wildman–Crippen MR) is 93.6 cm³/mol. The Morgan fingerprint density at radius 3 is 2.76 bits per heavy atom. The molecule has 0 amide bonds. The minimum Gasteiger partial charge on any atom is -0.493 e. The number of hydrogen-bond acceptors (Lipinski definition) is 5. The van der Waals surface area contributed by atoms with Gasteiger partial charge < -0.3 is 18.6 Å². The van der Waals surface area contributed by atoms with E-state index in [0.717, 1.165) is 16.7 Å². The Balaban J connectivity index is 1.58. The van der Waals surface area contributed by atoms with Gasteiger partial charge in [-0.2, -0.15) is 0 Å². The quantitative estimate of drug-likeness (QED) is 0.530. The molecule has 0 spiro atoms. The number of furan rings is 1. The molecule has 0 N–H and O–H groups in total. The van der Waals surface area contributed by atoms with E-state index in [9.17, 15) is 4.79 Å². The van der Waals surface area contributed by atoms with Crippen LogP contribution in [0.15, 0.2) is 53.0 Å². The molecule has 5 heteroatoms. The van der Waals surface area contributed by atoms with Crippen molar-refractivity contribution in [3.63, 3.8) is 0 Å². The lowest BCUT2D eigenvalue weighted by atomic mass is 10.1. The van der Waals surface area contributed by atoms with Crippen molar-refractivity contribution in [2.75, 3.05) is 20.3 Å². The third-order valence-electron chi connectivity index (χ3n) is 3.96. The lowest BCUT2D eigenvalue weighted by Gasteiger charge is -2.18. The van der Waals surface area contributed by atoms with Crippen LogP contribution in [0.1, 0.15) is 16.1 Å². The molecule has 0 radical (unpaired) electrons. The van der Waals surface area contributed by atoms with Crippen molar-refractivity contribution in [2.45, 2.75) is 0 Å². The number of fused-ring (bicyclic) bond motifs is 2. The summed E-state index contributed by atoms with van der Waals surface area (Å²) in [6, 6.07) is 12.8. The standard InChI is InChI=1S/C20H16O5/c1-22-17-4-2-3-14-12-18(25-20(14)17)15(21)7-5-13-6-8-16-19(11-13)24-10-9-23-16/h2-8,11-12H,9-10H2,1H3/b7-5+. The fourth-order valence-electron chi connectivity index (χ4n) is 2.74. The summed E-state index contributed by atoms with van der Waals surface area (Å²) in [5.41, 5.74) is 1.42. The van der Waals surface area contributed by atoms with Crippen molar-refractivity contribution in [2.24, 2.45) is 0 Å². The molecule has 0 aliphatic carbocycles. The fourth-order valence-corrected chi connectivity index (χ4v) is 2.74. The normalized spacial score (nSPS) is 13.3. The summed E-state index contributed by atoms with van der Waals surface area (Å²) in [7, 11) is 1.57. The van der Waals surface area contributed by atoms with E-state index in [-0.39, 0.29) is 11.5 Å². The van der Waals surface area contributed by atoms with Crippen LogP contribution in [0.4, 0.5) is 0 Å². The van der Waals surface area contributed by atoms with Crippen LogP contribution in [-0.2, 0) is 0 Å². The van der Waals surface area contributed by atoms with Crippen molar-refractivity contribution in [1.82, 2.24) is 0 Å². The van der Waals surface area contributed by atoms with E-state index in [1.165, 1.54) is 6.08 Å². The molecule has 0 atom stereocenters. The van der Waals surface area contributed by atoms with Gasteiger partial charge in [0.15, 0.2) is 28.6 Å². The number of para-hydroxylation sites is 1. The Morgan fingerprint density at radius 2 is 1.92 bits per heavy atom. The van der Waals surface area contributed by atoms with Gasteiger partial charge in [0, 0.05) is 5.39 Å². The molecule has 5 nitrogen and oxygen atoms in total. The highest BCUT2D eigenvalue weighted by Crippen LogP contribution is 2.31. The van der Waals surface area contributed by atoms with Crippen LogP contribution < -0.4 is 14.2 Å². The SMILES string of the molecule is COc1cccc2cc(C(=O)/C=C/c3ccc4c(c3)OCCO4)oc12. The molecule has 1 aliphatic rings. The van der Waals surface area contributed by atoms with Crippen LogP contribution in [0, 0.1) is 0 Å². The summed E-state index contributed by atoms with van der Waals surface area (Å²) in [6.07, 6.45) is 3.21. The second-order valence-corrected chi connectivity index (χ2v) is 5.59. The molecule has 3 aromatic rings. The van der Waals surface area contributed by atoms with Crippen molar-refractivity contribution >= 4 is 22.8 Å². The summed E-state index contributed by atoms with van der Waals surface area (Å²) >= 11 is 0. The van der Waals surface area contributed by atoms with E-state index >= 15 is 0 Å². The Kier molecular flexibility index (Phi) is 3.90. The zero-order chi connectivity index (χ0) is 17.2. The van der Waals surface area contributed by atoms with Gasteiger partial charge >= 0.3 is 0 Å². The Labute approximate surface area is 144 Å². The summed E-state index contributed by atoms with van der Waals surface area (Å²) in [5.74, 6) is 2.07. The van der Waals surface area contributed by atoms with Gasteiger partial charge in [0.1, 0.15) is 13.2 Å². The van der Waals surface area contributed by atoms with E-state index in [2.05, 4.69) is 0 Å². The first-order valence-corrected chi connectivity index (χ1v) is 7.93. The van der Waals surface area contributed by atoms with Crippen molar-refractivity contribution in [3.05, 3.63) is 59.9 Å². The van der Waals surface area contributed by atoms with Crippen LogP contribution in [0.3, 0.4) is 0 Å². The topological polar surface area (TPSA) is 57.9 Å². The molecular weight excluding hydrogens is 320 g/mol. The second-order valence-electron chi connectivity index (χ2n) is 5.59. The molecule has 0 saturated carbocycles. The van der Waals surface area contributed by atoms with E-state index in [0.29, 0.717) is 30.3 Å². The lowest BCUT2D eigenvalue weighted by Crippen LogP contribution is -2.15. The highest BCUT2D eigenvalue weighted by Gasteiger charge is 2.14. The van der Waals surface area contributed by atoms with Crippen LogP contribution in [0.25, 0.3) is 17.0 Å². The number of carbonyl (C=O) groups is 1. The van der Waals surface area contributed by atoms with E-state index in [4.69, 9.17) is 18.6 Å². The molecule has 0 fully saturated rings. The van der Waals surface area contributed by atoms with Crippen molar-refractivity contribution < 1.29 is 23.4 Å². The van der Waals surface area contributed by atoms with Gasteiger partial charge in [0.25, 0.3) is 0 Å². The maximum atomic E-state index is 12.4. The molecule has 0 saturated heterocycles. The third kappa shape index (κ3) is 2.96. The van der Waals surface area contributed by atoms with E-state index < -0.39 is 0 Å². The molecule has 4 rings (SSSR count). The number of hydrogen-bond donors (Lipinski definition) is 0. The maximum absolute atomic E-state index is 12.4. The van der Waals surface area contributed by atoms with Gasteiger partial charge in [-0.3, -0.25) is 4.79 Å². The smallest absolute Gasteiger partial charge is 0.221 e. The average molecular weight is 336 g/mol. The van der Waals surface area contributed by atoms with Crippen LogP contribution >= 0.6 is 0 Å². The first-order valence-electron chi connectivity index (χ1n) is 7.93. The Morgan fingerprint density at radius 1 is 1.08 bits per heavy atom. The van der Waals surface area contributed by atoms with Gasteiger partial charge in [-0.25, -0.2) is 0 Å². The first kappa shape index (κ1) is 15.3. The number of benzene rings is 2. The monoisotopic (exact) mass is 336 g/mol. The minimum atomic E-state index is -0.215. The molecule has 1 aliphatic heterocycles. The highest BCUT2D eigenvalue weighted by molar-refractivity contribution is 6.07. The number of rotatable bonds is 4. The van der Waals surface area contributed by atoms with Gasteiger partial charge in [-0.05, 0) is 35.9 Å². The third-order valence-corrected chi connectivity index (χ3v) is 3.96. The number of ether oxygens (including phenoxy) is 3. The van der Waals surface area contributed by atoms with Gasteiger partial charge in [0.2, 0.25) is 5.78 Å². The van der Waals surface area contributed by atoms with Crippen molar-refractivity contribution in [3.8, 4) is 17.2 Å². The number of methoxy groups -OCH3 is 1. The van der Waals surface area contributed by atoms with Gasteiger partial charge in [-0.15, -0.1) is 0 Å². The zero-order valence-corrected chi connectivity index (χ0v) is 13.7. The maximum Gasteiger partial charge on any atom is 0.221 e.